The van der Waals surface area contributed by atoms with Crippen LogP contribution < -0.4 is 0 Å². The first kappa shape index (κ1) is 18.7. The zero-order chi connectivity index (χ0) is 17.7. The SMILES string of the molecule is CCC(=N\c1ccc(C)cc1Cl)/C(CC)=N/c1ccc(C)cc1Cl. The minimum atomic E-state index is 0.657. The molecule has 0 heterocycles. The first-order valence-corrected chi connectivity index (χ1v) is 8.88. The number of rotatable bonds is 5. The van der Waals surface area contributed by atoms with Crippen molar-refractivity contribution in [2.45, 2.75) is 40.5 Å². The maximum absolute atomic E-state index is 6.31. The third kappa shape index (κ3) is 4.68. The molecule has 4 heteroatoms. The van der Waals surface area contributed by atoms with Crippen LogP contribution in [0.1, 0.15) is 37.8 Å². The van der Waals surface area contributed by atoms with Crippen molar-refractivity contribution < 1.29 is 0 Å². The quantitative estimate of drug-likeness (QED) is 0.500. The molecular formula is C20H22Cl2N2. The Kier molecular flexibility index (Phi) is 6.59. The number of hydrogen-bond donors (Lipinski definition) is 0. The van der Waals surface area contributed by atoms with E-state index in [4.69, 9.17) is 33.2 Å². The number of halogens is 2. The van der Waals surface area contributed by atoms with Crippen LogP contribution in [0.3, 0.4) is 0 Å². The molecule has 0 aliphatic rings. The molecule has 0 aromatic heterocycles. The van der Waals surface area contributed by atoms with Crippen molar-refractivity contribution in [1.82, 2.24) is 0 Å². The average molecular weight is 361 g/mol. The second-order valence-corrected chi connectivity index (χ2v) is 6.55. The summed E-state index contributed by atoms with van der Waals surface area (Å²) in [6.07, 6.45) is 1.56. The highest BCUT2D eigenvalue weighted by atomic mass is 35.5. The molecule has 126 valence electrons. The van der Waals surface area contributed by atoms with Crippen molar-refractivity contribution in [3.8, 4) is 0 Å². The molecule has 2 rings (SSSR count). The summed E-state index contributed by atoms with van der Waals surface area (Å²) in [5, 5.41) is 1.31. The van der Waals surface area contributed by atoms with E-state index in [9.17, 15) is 0 Å². The molecule has 0 saturated carbocycles. The molecule has 2 nitrogen and oxygen atoms in total. The first-order chi connectivity index (χ1) is 11.4. The minimum Gasteiger partial charge on any atom is -0.250 e. The summed E-state index contributed by atoms with van der Waals surface area (Å²) < 4.78 is 0. The first-order valence-electron chi connectivity index (χ1n) is 8.12. The van der Waals surface area contributed by atoms with Crippen molar-refractivity contribution in [3.63, 3.8) is 0 Å². The predicted octanol–water partition coefficient (Wildman–Crippen LogP) is 7.28. The number of aryl methyl sites for hydroxylation is 2. The Labute approximate surface area is 154 Å². The molecule has 0 radical (unpaired) electrons. The maximum Gasteiger partial charge on any atom is 0.0820 e. The van der Waals surface area contributed by atoms with Crippen LogP contribution in [-0.2, 0) is 0 Å². The van der Waals surface area contributed by atoms with Crippen molar-refractivity contribution in [2.24, 2.45) is 9.98 Å². The number of nitrogens with zero attached hydrogens (tertiary/aromatic N) is 2. The van der Waals surface area contributed by atoms with E-state index < -0.39 is 0 Å². The van der Waals surface area contributed by atoms with E-state index in [1.54, 1.807) is 0 Å². The van der Waals surface area contributed by atoms with Crippen LogP contribution in [0, 0.1) is 13.8 Å². The second kappa shape index (κ2) is 8.46. The van der Waals surface area contributed by atoms with Gasteiger partial charge in [0, 0.05) is 0 Å². The van der Waals surface area contributed by atoms with Crippen molar-refractivity contribution in [2.75, 3.05) is 0 Å². The predicted molar refractivity (Wildman–Crippen MR) is 107 cm³/mol. The van der Waals surface area contributed by atoms with Crippen LogP contribution in [0.4, 0.5) is 11.4 Å². The summed E-state index contributed by atoms with van der Waals surface area (Å²) in [6, 6.07) is 11.8. The van der Waals surface area contributed by atoms with Gasteiger partial charge in [-0.1, -0.05) is 49.2 Å². The molecule has 0 bridgehead atoms. The third-order valence-corrected chi connectivity index (χ3v) is 4.33. The van der Waals surface area contributed by atoms with E-state index in [2.05, 4.69) is 13.8 Å². The van der Waals surface area contributed by atoms with Crippen LogP contribution in [-0.4, -0.2) is 11.4 Å². The third-order valence-electron chi connectivity index (χ3n) is 3.72. The van der Waals surface area contributed by atoms with Crippen LogP contribution in [0.2, 0.25) is 10.0 Å². The highest BCUT2D eigenvalue weighted by Crippen LogP contribution is 2.28. The Morgan fingerprint density at radius 2 is 1.12 bits per heavy atom. The van der Waals surface area contributed by atoms with Crippen molar-refractivity contribution in [3.05, 3.63) is 57.6 Å². The highest BCUT2D eigenvalue weighted by molar-refractivity contribution is 6.44. The Bertz CT molecular complexity index is 725. The van der Waals surface area contributed by atoms with E-state index in [0.717, 1.165) is 46.8 Å². The number of benzene rings is 2. The van der Waals surface area contributed by atoms with Gasteiger partial charge in [0.1, 0.15) is 0 Å². The minimum absolute atomic E-state index is 0.657. The van der Waals surface area contributed by atoms with E-state index >= 15 is 0 Å². The maximum atomic E-state index is 6.31. The number of aliphatic imine (C=N–C) groups is 2. The van der Waals surface area contributed by atoms with Crippen LogP contribution in [0.25, 0.3) is 0 Å². The molecule has 0 aliphatic heterocycles. The Morgan fingerprint density at radius 1 is 0.750 bits per heavy atom. The molecular weight excluding hydrogens is 339 g/mol. The van der Waals surface area contributed by atoms with Crippen LogP contribution >= 0.6 is 23.2 Å². The monoisotopic (exact) mass is 360 g/mol. The number of hydrogen-bond acceptors (Lipinski definition) is 2. The van der Waals surface area contributed by atoms with Gasteiger partial charge in [-0.05, 0) is 62.1 Å². The average Bonchev–Trinajstić information content (AvgIpc) is 2.54. The molecule has 0 unspecified atom stereocenters. The molecule has 2 aromatic carbocycles. The summed E-state index contributed by atoms with van der Waals surface area (Å²) in [7, 11) is 0. The van der Waals surface area contributed by atoms with Gasteiger partial charge in [-0.25, -0.2) is 0 Å². The zero-order valence-electron chi connectivity index (χ0n) is 14.5. The van der Waals surface area contributed by atoms with E-state index in [-0.39, 0.29) is 0 Å². The molecule has 0 N–H and O–H groups in total. The fourth-order valence-electron chi connectivity index (χ4n) is 2.39. The summed E-state index contributed by atoms with van der Waals surface area (Å²) in [5.74, 6) is 0. The Hall–Kier alpha value is -1.64. The molecule has 0 fully saturated rings. The van der Waals surface area contributed by atoms with E-state index in [1.807, 2.05) is 50.2 Å². The van der Waals surface area contributed by atoms with Gasteiger partial charge in [-0.3, -0.25) is 9.98 Å². The van der Waals surface area contributed by atoms with Gasteiger partial charge in [0.05, 0.1) is 32.8 Å². The van der Waals surface area contributed by atoms with Gasteiger partial charge in [0.2, 0.25) is 0 Å². The fraction of sp³-hybridized carbons (Fsp3) is 0.300. The summed E-state index contributed by atoms with van der Waals surface area (Å²) >= 11 is 12.6. The van der Waals surface area contributed by atoms with Gasteiger partial charge in [0.15, 0.2) is 0 Å². The molecule has 0 saturated heterocycles. The second-order valence-electron chi connectivity index (χ2n) is 5.73. The molecule has 0 atom stereocenters. The molecule has 24 heavy (non-hydrogen) atoms. The Morgan fingerprint density at radius 3 is 1.42 bits per heavy atom. The summed E-state index contributed by atoms with van der Waals surface area (Å²) in [5.41, 5.74) is 5.64. The standard InChI is InChI=1S/C20H22Cl2N2/c1-5-17(23-19-9-7-13(3)11-15(19)21)18(6-2)24-20-10-8-14(4)12-16(20)22/h7-12H,5-6H2,1-4H3/b23-17+,24-18+. The van der Waals surface area contributed by atoms with Crippen molar-refractivity contribution >= 4 is 46.0 Å². The normalized spacial score (nSPS) is 12.6. The topological polar surface area (TPSA) is 24.7 Å². The lowest BCUT2D eigenvalue weighted by Gasteiger charge is -2.09. The largest absolute Gasteiger partial charge is 0.250 e. The fourth-order valence-corrected chi connectivity index (χ4v) is 2.95. The molecule has 0 amide bonds. The molecule has 2 aromatic rings. The van der Waals surface area contributed by atoms with Gasteiger partial charge < -0.3 is 0 Å². The van der Waals surface area contributed by atoms with Gasteiger partial charge in [0.25, 0.3) is 0 Å². The molecule has 0 aliphatic carbocycles. The van der Waals surface area contributed by atoms with E-state index in [1.165, 1.54) is 0 Å². The smallest absolute Gasteiger partial charge is 0.0820 e. The highest BCUT2D eigenvalue weighted by Gasteiger charge is 2.09. The molecule has 0 spiro atoms. The zero-order valence-corrected chi connectivity index (χ0v) is 16.0. The van der Waals surface area contributed by atoms with Crippen molar-refractivity contribution in [1.29, 1.82) is 0 Å². The summed E-state index contributed by atoms with van der Waals surface area (Å²) in [4.78, 5) is 9.49. The van der Waals surface area contributed by atoms with Crippen LogP contribution in [0.5, 0.6) is 0 Å². The Balaban J connectivity index is 2.45. The lowest BCUT2D eigenvalue weighted by atomic mass is 10.1. The van der Waals surface area contributed by atoms with Gasteiger partial charge in [-0.2, -0.15) is 0 Å². The summed E-state index contributed by atoms with van der Waals surface area (Å²) in [6.45, 7) is 8.17. The van der Waals surface area contributed by atoms with Gasteiger partial charge in [-0.15, -0.1) is 0 Å². The lowest BCUT2D eigenvalue weighted by molar-refractivity contribution is 1.23. The van der Waals surface area contributed by atoms with E-state index in [0.29, 0.717) is 10.0 Å². The van der Waals surface area contributed by atoms with Crippen LogP contribution in [0.15, 0.2) is 46.4 Å². The lowest BCUT2D eigenvalue weighted by Crippen LogP contribution is -2.11. The van der Waals surface area contributed by atoms with Gasteiger partial charge >= 0.3 is 0 Å².